The molecule has 1 unspecified atom stereocenters. The zero-order valence-corrected chi connectivity index (χ0v) is 11.8. The van der Waals surface area contributed by atoms with Crippen LogP contribution in [0.5, 0.6) is 5.75 Å². The number of benzene rings is 1. The first-order valence-electron chi connectivity index (χ1n) is 5.87. The number of hydrogen-bond acceptors (Lipinski definition) is 2. The maximum Gasteiger partial charge on any atom is 0.257 e. The summed E-state index contributed by atoms with van der Waals surface area (Å²) in [7, 11) is 0. The molecule has 0 aliphatic rings. The molecule has 0 saturated heterocycles. The molecule has 1 rings (SSSR count). The molecule has 0 radical (unpaired) electrons. The summed E-state index contributed by atoms with van der Waals surface area (Å²) in [6.07, 6.45) is 1.75. The SMILES string of the molecule is CC(Cl)CCCNC(=O)COc1cccc(Cl)c1. The highest BCUT2D eigenvalue weighted by molar-refractivity contribution is 6.30. The Kier molecular flexibility index (Phi) is 6.91. The molecule has 5 heteroatoms. The molecule has 0 aliphatic carbocycles. The lowest BCUT2D eigenvalue weighted by molar-refractivity contribution is -0.123. The zero-order valence-electron chi connectivity index (χ0n) is 10.3. The lowest BCUT2D eigenvalue weighted by Gasteiger charge is -2.08. The fraction of sp³-hybridized carbons (Fsp3) is 0.462. The average molecular weight is 290 g/mol. The van der Waals surface area contributed by atoms with Crippen molar-refractivity contribution < 1.29 is 9.53 Å². The number of nitrogens with one attached hydrogen (secondary N) is 1. The average Bonchev–Trinajstić information content (AvgIpc) is 2.32. The van der Waals surface area contributed by atoms with Gasteiger partial charge in [-0.2, -0.15) is 0 Å². The van der Waals surface area contributed by atoms with E-state index in [0.29, 0.717) is 17.3 Å². The second kappa shape index (κ2) is 8.22. The smallest absolute Gasteiger partial charge is 0.257 e. The van der Waals surface area contributed by atoms with E-state index in [-0.39, 0.29) is 17.9 Å². The highest BCUT2D eigenvalue weighted by Crippen LogP contribution is 2.16. The molecular formula is C13H17Cl2NO2. The highest BCUT2D eigenvalue weighted by atomic mass is 35.5. The van der Waals surface area contributed by atoms with Gasteiger partial charge in [0.2, 0.25) is 0 Å². The summed E-state index contributed by atoms with van der Waals surface area (Å²) in [5.41, 5.74) is 0. The molecule has 0 heterocycles. The Labute approximate surface area is 117 Å². The van der Waals surface area contributed by atoms with Gasteiger partial charge in [-0.15, -0.1) is 11.6 Å². The molecule has 100 valence electrons. The molecule has 1 aromatic carbocycles. The summed E-state index contributed by atoms with van der Waals surface area (Å²) in [4.78, 5) is 11.4. The van der Waals surface area contributed by atoms with Gasteiger partial charge in [-0.1, -0.05) is 17.7 Å². The van der Waals surface area contributed by atoms with Crippen LogP contribution in [0, 0.1) is 0 Å². The van der Waals surface area contributed by atoms with Gasteiger partial charge in [0.25, 0.3) is 5.91 Å². The van der Waals surface area contributed by atoms with E-state index in [1.54, 1.807) is 24.3 Å². The minimum Gasteiger partial charge on any atom is -0.484 e. The third-order valence-corrected chi connectivity index (χ3v) is 2.72. The quantitative estimate of drug-likeness (QED) is 0.618. The van der Waals surface area contributed by atoms with Crippen LogP contribution < -0.4 is 10.1 Å². The zero-order chi connectivity index (χ0) is 13.4. The molecule has 3 nitrogen and oxygen atoms in total. The van der Waals surface area contributed by atoms with E-state index >= 15 is 0 Å². The molecule has 1 N–H and O–H groups in total. The topological polar surface area (TPSA) is 38.3 Å². The van der Waals surface area contributed by atoms with E-state index in [2.05, 4.69) is 5.32 Å². The third-order valence-electron chi connectivity index (χ3n) is 2.27. The number of ether oxygens (including phenoxy) is 1. The molecule has 0 spiro atoms. The molecule has 0 saturated carbocycles. The minimum absolute atomic E-state index is 0.00320. The highest BCUT2D eigenvalue weighted by Gasteiger charge is 2.03. The second-order valence-corrected chi connectivity index (χ2v) is 5.20. The Balaban J connectivity index is 2.17. The number of amides is 1. The summed E-state index contributed by atoms with van der Waals surface area (Å²) in [5, 5.41) is 3.50. The van der Waals surface area contributed by atoms with Gasteiger partial charge >= 0.3 is 0 Å². The van der Waals surface area contributed by atoms with Crippen molar-refractivity contribution in [3.63, 3.8) is 0 Å². The lowest BCUT2D eigenvalue weighted by Crippen LogP contribution is -2.29. The van der Waals surface area contributed by atoms with Gasteiger partial charge in [-0.25, -0.2) is 0 Å². The molecule has 0 aliphatic heterocycles. The number of halogens is 2. The summed E-state index contributed by atoms with van der Waals surface area (Å²) >= 11 is 11.6. The van der Waals surface area contributed by atoms with E-state index in [9.17, 15) is 4.79 Å². The normalized spacial score (nSPS) is 11.9. The van der Waals surface area contributed by atoms with E-state index in [1.807, 2.05) is 6.92 Å². The van der Waals surface area contributed by atoms with Crippen LogP contribution >= 0.6 is 23.2 Å². The maximum atomic E-state index is 11.4. The fourth-order valence-corrected chi connectivity index (χ4v) is 1.70. The van der Waals surface area contributed by atoms with Crippen LogP contribution in [0.4, 0.5) is 0 Å². The first-order chi connectivity index (χ1) is 8.58. The Morgan fingerprint density at radius 1 is 1.50 bits per heavy atom. The van der Waals surface area contributed by atoms with Crippen molar-refractivity contribution in [1.82, 2.24) is 5.32 Å². The number of rotatable bonds is 7. The molecule has 1 amide bonds. The van der Waals surface area contributed by atoms with Gasteiger partial charge in [0.15, 0.2) is 6.61 Å². The summed E-state index contributed by atoms with van der Waals surface area (Å²) in [6, 6.07) is 6.96. The van der Waals surface area contributed by atoms with E-state index in [0.717, 1.165) is 12.8 Å². The molecule has 1 aromatic rings. The van der Waals surface area contributed by atoms with Crippen molar-refractivity contribution in [3.05, 3.63) is 29.3 Å². The summed E-state index contributed by atoms with van der Waals surface area (Å²) in [5.74, 6) is 0.448. The lowest BCUT2D eigenvalue weighted by atomic mass is 10.2. The number of alkyl halides is 1. The van der Waals surface area contributed by atoms with Crippen LogP contribution in [-0.4, -0.2) is 24.4 Å². The van der Waals surface area contributed by atoms with E-state index in [1.165, 1.54) is 0 Å². The van der Waals surface area contributed by atoms with Gasteiger partial charge in [-0.3, -0.25) is 4.79 Å². The minimum atomic E-state index is -0.141. The summed E-state index contributed by atoms with van der Waals surface area (Å²) < 4.78 is 5.30. The fourth-order valence-electron chi connectivity index (χ4n) is 1.37. The van der Waals surface area contributed by atoms with Crippen molar-refractivity contribution >= 4 is 29.1 Å². The van der Waals surface area contributed by atoms with Crippen LogP contribution in [0.15, 0.2) is 24.3 Å². The van der Waals surface area contributed by atoms with Gasteiger partial charge < -0.3 is 10.1 Å². The number of carbonyl (C=O) groups is 1. The summed E-state index contributed by atoms with van der Waals surface area (Å²) in [6.45, 7) is 2.55. The van der Waals surface area contributed by atoms with Gasteiger partial charge in [0, 0.05) is 16.9 Å². The predicted octanol–water partition coefficient (Wildman–Crippen LogP) is 3.24. The van der Waals surface area contributed by atoms with Crippen LogP contribution in [0.1, 0.15) is 19.8 Å². The van der Waals surface area contributed by atoms with E-state index < -0.39 is 0 Å². The van der Waals surface area contributed by atoms with Crippen molar-refractivity contribution in [3.8, 4) is 5.75 Å². The van der Waals surface area contributed by atoms with Crippen LogP contribution in [-0.2, 0) is 4.79 Å². The van der Waals surface area contributed by atoms with E-state index in [4.69, 9.17) is 27.9 Å². The Morgan fingerprint density at radius 3 is 2.94 bits per heavy atom. The molecular weight excluding hydrogens is 273 g/mol. The van der Waals surface area contributed by atoms with Gasteiger partial charge in [0.05, 0.1) is 0 Å². The Morgan fingerprint density at radius 2 is 2.28 bits per heavy atom. The van der Waals surface area contributed by atoms with Crippen LogP contribution in [0.3, 0.4) is 0 Å². The molecule has 0 fully saturated rings. The largest absolute Gasteiger partial charge is 0.484 e. The first kappa shape index (κ1) is 15.1. The van der Waals surface area contributed by atoms with Crippen molar-refractivity contribution in [2.24, 2.45) is 0 Å². The molecule has 1 atom stereocenters. The van der Waals surface area contributed by atoms with Crippen molar-refractivity contribution in [1.29, 1.82) is 0 Å². The first-order valence-corrected chi connectivity index (χ1v) is 6.68. The molecule has 18 heavy (non-hydrogen) atoms. The Bertz CT molecular complexity index is 383. The third kappa shape index (κ3) is 6.72. The molecule has 0 bridgehead atoms. The van der Waals surface area contributed by atoms with Gasteiger partial charge in [-0.05, 0) is 38.0 Å². The monoisotopic (exact) mass is 289 g/mol. The predicted molar refractivity (Wildman–Crippen MR) is 74.5 cm³/mol. The maximum absolute atomic E-state index is 11.4. The molecule has 0 aromatic heterocycles. The van der Waals surface area contributed by atoms with Crippen molar-refractivity contribution in [2.45, 2.75) is 25.1 Å². The van der Waals surface area contributed by atoms with Crippen LogP contribution in [0.25, 0.3) is 0 Å². The number of hydrogen-bond donors (Lipinski definition) is 1. The Hall–Kier alpha value is -0.930. The second-order valence-electron chi connectivity index (χ2n) is 4.02. The number of carbonyl (C=O) groups excluding carboxylic acids is 1. The van der Waals surface area contributed by atoms with Crippen LogP contribution in [0.2, 0.25) is 5.02 Å². The standard InChI is InChI=1S/C13H17Cl2NO2/c1-10(14)4-3-7-16-13(17)9-18-12-6-2-5-11(15)8-12/h2,5-6,8,10H,3-4,7,9H2,1H3,(H,16,17). The van der Waals surface area contributed by atoms with Crippen molar-refractivity contribution in [2.75, 3.05) is 13.2 Å². The van der Waals surface area contributed by atoms with Gasteiger partial charge in [0.1, 0.15) is 5.75 Å².